The number of ketones is 1. The molecule has 4 nitrogen and oxygen atoms in total. The van der Waals surface area contributed by atoms with Crippen LogP contribution in [0.2, 0.25) is 0 Å². The van der Waals surface area contributed by atoms with Crippen molar-refractivity contribution in [1.29, 1.82) is 5.26 Å². The van der Waals surface area contributed by atoms with E-state index < -0.39 is 17.3 Å². The van der Waals surface area contributed by atoms with Gasteiger partial charge in [0, 0.05) is 10.9 Å². The largest absolute Gasteiger partial charge is 0.481 e. The highest BCUT2D eigenvalue weighted by atomic mass is 79.9. The normalized spacial score (nSPS) is 26.7. The van der Waals surface area contributed by atoms with Gasteiger partial charge in [-0.2, -0.15) is 5.26 Å². The molecule has 1 aliphatic carbocycles. The first-order chi connectivity index (χ1) is 8.98. The number of carboxylic acids is 1. The van der Waals surface area contributed by atoms with Crippen molar-refractivity contribution in [3.05, 3.63) is 34.3 Å². The fraction of sp³-hybridized carbons (Fsp3) is 0.357. The van der Waals surface area contributed by atoms with Crippen LogP contribution in [-0.2, 0) is 15.0 Å². The number of hydrogen-bond donors (Lipinski definition) is 1. The number of benzene rings is 1. The first-order valence-corrected chi connectivity index (χ1v) is 6.71. The van der Waals surface area contributed by atoms with E-state index in [0.29, 0.717) is 6.42 Å². The molecule has 1 aromatic carbocycles. The Morgan fingerprint density at radius 1 is 1.42 bits per heavy atom. The highest BCUT2D eigenvalue weighted by Gasteiger charge is 2.44. The summed E-state index contributed by atoms with van der Waals surface area (Å²) in [4.78, 5) is 22.7. The second-order valence-electron chi connectivity index (χ2n) is 4.76. The molecule has 19 heavy (non-hydrogen) atoms. The van der Waals surface area contributed by atoms with Crippen LogP contribution in [0.25, 0.3) is 0 Å². The summed E-state index contributed by atoms with van der Waals surface area (Å²) < 4.78 is 0.894. The van der Waals surface area contributed by atoms with Crippen LogP contribution in [0, 0.1) is 17.2 Å². The zero-order valence-corrected chi connectivity index (χ0v) is 11.7. The molecule has 0 spiro atoms. The van der Waals surface area contributed by atoms with Gasteiger partial charge in [0.25, 0.3) is 0 Å². The lowest BCUT2D eigenvalue weighted by atomic mass is 9.66. The minimum atomic E-state index is -1.14. The van der Waals surface area contributed by atoms with Gasteiger partial charge in [-0.05, 0) is 30.5 Å². The average molecular weight is 322 g/mol. The predicted molar refractivity (Wildman–Crippen MR) is 71.4 cm³/mol. The Morgan fingerprint density at radius 3 is 2.58 bits per heavy atom. The van der Waals surface area contributed by atoms with Crippen molar-refractivity contribution in [2.24, 2.45) is 5.92 Å². The number of aliphatic carboxylic acids is 1. The third kappa shape index (κ3) is 2.54. The molecule has 0 radical (unpaired) electrons. The lowest BCUT2D eigenvalue weighted by Gasteiger charge is -2.33. The van der Waals surface area contributed by atoms with Gasteiger partial charge in [0.05, 0.1) is 11.5 Å². The predicted octanol–water partition coefficient (Wildman–Crippen LogP) is 2.66. The molecular weight excluding hydrogens is 310 g/mol. The lowest BCUT2D eigenvalue weighted by molar-refractivity contribution is -0.148. The maximum Gasteiger partial charge on any atom is 0.314 e. The molecule has 1 saturated carbocycles. The van der Waals surface area contributed by atoms with Gasteiger partial charge in [-0.15, -0.1) is 0 Å². The van der Waals surface area contributed by atoms with Crippen molar-refractivity contribution in [2.75, 3.05) is 0 Å². The number of nitriles is 1. The number of carbonyl (C=O) groups is 2. The standard InChI is InChI=1S/C14H12BrNO3/c15-10-3-1-9(2-4-10)14(8-16)6-5-12(17)11(7-14)13(18)19/h1-4,11H,5-7H2,(H,18,19). The number of halogens is 1. The molecular formula is C14H12BrNO3. The van der Waals surface area contributed by atoms with Gasteiger partial charge >= 0.3 is 5.97 Å². The molecule has 0 saturated heterocycles. The minimum absolute atomic E-state index is 0.0549. The van der Waals surface area contributed by atoms with Gasteiger partial charge in [-0.1, -0.05) is 28.1 Å². The van der Waals surface area contributed by atoms with Crippen molar-refractivity contribution in [2.45, 2.75) is 24.7 Å². The van der Waals surface area contributed by atoms with E-state index in [1.54, 1.807) is 0 Å². The fourth-order valence-corrected chi connectivity index (χ4v) is 2.76. The maximum atomic E-state index is 11.6. The third-order valence-electron chi connectivity index (χ3n) is 3.65. The summed E-state index contributed by atoms with van der Waals surface area (Å²) in [6, 6.07) is 9.48. The maximum absolute atomic E-state index is 11.6. The molecule has 1 aliphatic rings. The van der Waals surface area contributed by atoms with E-state index >= 15 is 0 Å². The van der Waals surface area contributed by atoms with Crippen LogP contribution in [0.5, 0.6) is 0 Å². The summed E-state index contributed by atoms with van der Waals surface area (Å²) in [5, 5.41) is 18.6. The highest BCUT2D eigenvalue weighted by Crippen LogP contribution is 2.40. The Labute approximate surface area is 119 Å². The summed E-state index contributed by atoms with van der Waals surface area (Å²) in [7, 11) is 0. The quantitative estimate of drug-likeness (QED) is 0.849. The molecule has 1 fully saturated rings. The lowest BCUT2D eigenvalue weighted by Crippen LogP contribution is -2.39. The second-order valence-corrected chi connectivity index (χ2v) is 5.68. The van der Waals surface area contributed by atoms with Gasteiger partial charge in [-0.3, -0.25) is 9.59 Å². The number of carboxylic acid groups (broad SMARTS) is 1. The summed E-state index contributed by atoms with van der Waals surface area (Å²) in [5.74, 6) is -2.49. The molecule has 0 bridgehead atoms. The van der Waals surface area contributed by atoms with Crippen molar-refractivity contribution in [3.8, 4) is 6.07 Å². The first-order valence-electron chi connectivity index (χ1n) is 5.91. The second kappa shape index (κ2) is 5.14. The molecule has 2 rings (SSSR count). The molecule has 5 heteroatoms. The summed E-state index contributed by atoms with van der Waals surface area (Å²) in [5.41, 5.74) is -0.102. The van der Waals surface area contributed by atoms with Crippen LogP contribution in [-0.4, -0.2) is 16.9 Å². The van der Waals surface area contributed by atoms with Crippen molar-refractivity contribution >= 4 is 27.7 Å². The van der Waals surface area contributed by atoms with E-state index in [2.05, 4.69) is 22.0 Å². The molecule has 1 N–H and O–H groups in total. The zero-order valence-electron chi connectivity index (χ0n) is 10.1. The molecule has 98 valence electrons. The van der Waals surface area contributed by atoms with E-state index in [0.717, 1.165) is 10.0 Å². The molecule has 0 aliphatic heterocycles. The van der Waals surface area contributed by atoms with Crippen molar-refractivity contribution in [1.82, 2.24) is 0 Å². The number of Topliss-reactive ketones (excluding diaryl/α,β-unsaturated/α-hetero) is 1. The van der Waals surface area contributed by atoms with Crippen LogP contribution >= 0.6 is 15.9 Å². The Bertz CT molecular complexity index is 561. The SMILES string of the molecule is N#CC1(c2ccc(Br)cc2)CCC(=O)C(C(=O)O)C1. The fourth-order valence-electron chi connectivity index (χ4n) is 2.50. The smallest absolute Gasteiger partial charge is 0.314 e. The first kappa shape index (κ1) is 13.8. The number of hydrogen-bond acceptors (Lipinski definition) is 3. The Kier molecular flexibility index (Phi) is 3.72. The van der Waals surface area contributed by atoms with Crippen LogP contribution < -0.4 is 0 Å². The van der Waals surface area contributed by atoms with E-state index in [4.69, 9.17) is 5.11 Å². The van der Waals surface area contributed by atoms with Gasteiger partial charge in [-0.25, -0.2) is 0 Å². The monoisotopic (exact) mass is 321 g/mol. The van der Waals surface area contributed by atoms with E-state index in [1.807, 2.05) is 24.3 Å². The van der Waals surface area contributed by atoms with Crippen LogP contribution in [0.15, 0.2) is 28.7 Å². The topological polar surface area (TPSA) is 78.2 Å². The number of nitrogens with zero attached hydrogens (tertiary/aromatic N) is 1. The minimum Gasteiger partial charge on any atom is -0.481 e. The number of carbonyl (C=O) groups excluding carboxylic acids is 1. The summed E-state index contributed by atoms with van der Waals surface area (Å²) >= 11 is 3.32. The number of rotatable bonds is 2. The Hall–Kier alpha value is -1.67. The van der Waals surface area contributed by atoms with E-state index in [1.165, 1.54) is 0 Å². The van der Waals surface area contributed by atoms with Crippen LogP contribution in [0.4, 0.5) is 0 Å². The van der Waals surface area contributed by atoms with Gasteiger partial charge in [0.15, 0.2) is 0 Å². The van der Waals surface area contributed by atoms with Crippen molar-refractivity contribution in [3.63, 3.8) is 0 Å². The summed E-state index contributed by atoms with van der Waals surface area (Å²) in [6.07, 6.45) is 0.577. The molecule has 0 amide bonds. The van der Waals surface area contributed by atoms with Gasteiger partial charge in [0.2, 0.25) is 0 Å². The Balaban J connectivity index is 2.39. The van der Waals surface area contributed by atoms with Gasteiger partial charge < -0.3 is 5.11 Å². The molecule has 1 aromatic rings. The van der Waals surface area contributed by atoms with Gasteiger partial charge in [0.1, 0.15) is 11.7 Å². The molecule has 0 heterocycles. The molecule has 0 aromatic heterocycles. The van der Waals surface area contributed by atoms with Crippen molar-refractivity contribution < 1.29 is 14.7 Å². The average Bonchev–Trinajstić information content (AvgIpc) is 2.40. The molecule has 2 atom stereocenters. The zero-order chi connectivity index (χ0) is 14.0. The van der Waals surface area contributed by atoms with E-state index in [-0.39, 0.29) is 18.6 Å². The third-order valence-corrected chi connectivity index (χ3v) is 4.18. The van der Waals surface area contributed by atoms with E-state index in [9.17, 15) is 14.9 Å². The van der Waals surface area contributed by atoms with Crippen LogP contribution in [0.3, 0.4) is 0 Å². The Morgan fingerprint density at radius 2 is 2.05 bits per heavy atom. The highest BCUT2D eigenvalue weighted by molar-refractivity contribution is 9.10. The summed E-state index contributed by atoms with van der Waals surface area (Å²) in [6.45, 7) is 0. The molecule has 2 unspecified atom stereocenters. The van der Waals surface area contributed by atoms with Crippen LogP contribution in [0.1, 0.15) is 24.8 Å².